The first-order valence-electron chi connectivity index (χ1n) is 9.29. The smallest absolute Gasteiger partial charge is 0.242 e. The third-order valence-electron chi connectivity index (χ3n) is 5.01. The summed E-state index contributed by atoms with van der Waals surface area (Å²) in [5.74, 6) is 0.277. The molecule has 1 amide bonds. The Kier molecular flexibility index (Phi) is 5.20. The number of hydrogen-bond donors (Lipinski definition) is 0. The molecule has 0 aliphatic carbocycles. The molecule has 1 aromatic heterocycles. The van der Waals surface area contributed by atoms with Crippen molar-refractivity contribution in [3.8, 4) is 5.75 Å². The Labute approximate surface area is 172 Å². The van der Waals surface area contributed by atoms with Crippen molar-refractivity contribution in [1.82, 2.24) is 9.99 Å². The molecule has 1 unspecified atom stereocenters. The van der Waals surface area contributed by atoms with Crippen molar-refractivity contribution >= 4 is 34.1 Å². The fourth-order valence-corrected chi connectivity index (χ4v) is 3.74. The number of rotatable bonds is 4. The van der Waals surface area contributed by atoms with Crippen LogP contribution in [0.25, 0.3) is 10.9 Å². The summed E-state index contributed by atoms with van der Waals surface area (Å²) in [5.41, 5.74) is 2.94. The number of carbonyl (C=O) groups excluding carboxylic acids is 1. The van der Waals surface area contributed by atoms with Crippen LogP contribution in [0, 0.1) is 5.82 Å². The summed E-state index contributed by atoms with van der Waals surface area (Å²) in [7, 11) is 1.60. The number of halogens is 2. The van der Waals surface area contributed by atoms with Gasteiger partial charge < -0.3 is 4.74 Å². The van der Waals surface area contributed by atoms with Crippen LogP contribution in [0.15, 0.2) is 53.6 Å². The highest BCUT2D eigenvalue weighted by atomic mass is 35.5. The predicted molar refractivity (Wildman–Crippen MR) is 111 cm³/mol. The summed E-state index contributed by atoms with van der Waals surface area (Å²) in [6, 6.07) is 13.2. The summed E-state index contributed by atoms with van der Waals surface area (Å²) < 4.78 is 18.6. The molecule has 29 heavy (non-hydrogen) atoms. The summed E-state index contributed by atoms with van der Waals surface area (Å²) >= 11 is 6.50. The molecule has 7 heteroatoms. The number of fused-ring (bicyclic) bond motifs is 1. The highest BCUT2D eigenvalue weighted by Gasteiger charge is 2.34. The Morgan fingerprint density at radius 3 is 2.69 bits per heavy atom. The van der Waals surface area contributed by atoms with Crippen LogP contribution >= 0.6 is 11.6 Å². The van der Waals surface area contributed by atoms with Gasteiger partial charge in [-0.2, -0.15) is 5.10 Å². The van der Waals surface area contributed by atoms with Crippen molar-refractivity contribution in [2.75, 3.05) is 7.11 Å². The maximum atomic E-state index is 13.3. The first-order valence-corrected chi connectivity index (χ1v) is 9.67. The average Bonchev–Trinajstić information content (AvgIpc) is 3.18. The molecular weight excluding hydrogens is 393 g/mol. The van der Waals surface area contributed by atoms with Crippen molar-refractivity contribution in [3.05, 3.63) is 70.6 Å². The minimum atomic E-state index is -0.377. The fourth-order valence-electron chi connectivity index (χ4n) is 3.47. The molecule has 1 aliphatic heterocycles. The number of carbonyl (C=O) groups is 1. The second kappa shape index (κ2) is 7.79. The van der Waals surface area contributed by atoms with Crippen LogP contribution in [-0.2, 0) is 4.79 Å². The predicted octanol–water partition coefficient (Wildman–Crippen LogP) is 5.12. The van der Waals surface area contributed by atoms with Crippen LogP contribution < -0.4 is 4.74 Å². The van der Waals surface area contributed by atoms with Gasteiger partial charge in [0.15, 0.2) is 0 Å². The highest BCUT2D eigenvalue weighted by molar-refractivity contribution is 6.30. The molecule has 0 bridgehead atoms. The van der Waals surface area contributed by atoms with E-state index in [9.17, 15) is 9.18 Å². The monoisotopic (exact) mass is 411 g/mol. The summed E-state index contributed by atoms with van der Waals surface area (Å²) in [6.07, 6.45) is 0.775. The Morgan fingerprint density at radius 2 is 2.00 bits per heavy atom. The number of hydrazone groups is 1. The minimum Gasteiger partial charge on any atom is -0.497 e. The van der Waals surface area contributed by atoms with E-state index >= 15 is 0 Å². The van der Waals surface area contributed by atoms with Gasteiger partial charge >= 0.3 is 0 Å². The Balaban J connectivity index is 1.77. The van der Waals surface area contributed by atoms with Gasteiger partial charge in [-0.05, 0) is 42.0 Å². The van der Waals surface area contributed by atoms with E-state index in [-0.39, 0.29) is 17.8 Å². The fraction of sp³-hybridized carbons (Fsp3) is 0.227. The number of benzene rings is 2. The Hall–Kier alpha value is -2.99. The van der Waals surface area contributed by atoms with E-state index in [1.807, 2.05) is 24.3 Å². The molecule has 5 nitrogen and oxygen atoms in total. The molecule has 1 atom stereocenters. The Bertz CT molecular complexity index is 1110. The molecule has 0 spiro atoms. The number of nitrogens with zero attached hydrogens (tertiary/aromatic N) is 3. The maximum absolute atomic E-state index is 13.3. The zero-order chi connectivity index (χ0) is 20.5. The van der Waals surface area contributed by atoms with Crippen LogP contribution in [0.5, 0.6) is 5.75 Å². The molecule has 0 N–H and O–H groups in total. The van der Waals surface area contributed by atoms with E-state index in [0.717, 1.165) is 22.0 Å². The number of aromatic nitrogens is 1. The number of pyridine rings is 1. The molecule has 0 fully saturated rings. The number of ether oxygens (including phenoxy) is 1. The van der Waals surface area contributed by atoms with Crippen LogP contribution in [0.3, 0.4) is 0 Å². The molecule has 1 aliphatic rings. The summed E-state index contributed by atoms with van der Waals surface area (Å²) in [4.78, 5) is 17.1. The molecule has 4 rings (SSSR count). The van der Waals surface area contributed by atoms with Gasteiger partial charge in [0.05, 0.1) is 24.4 Å². The normalized spacial score (nSPS) is 16.2. The molecular formula is C22H19ClFN3O2. The van der Waals surface area contributed by atoms with Crippen molar-refractivity contribution in [2.24, 2.45) is 5.10 Å². The molecule has 3 aromatic rings. The first kappa shape index (κ1) is 19.3. The maximum Gasteiger partial charge on any atom is 0.242 e. The largest absolute Gasteiger partial charge is 0.497 e. The first-order chi connectivity index (χ1) is 14.0. The third-order valence-corrected chi connectivity index (χ3v) is 5.31. The lowest BCUT2D eigenvalue weighted by atomic mass is 9.98. The van der Waals surface area contributed by atoms with Gasteiger partial charge in [0.1, 0.15) is 16.7 Å². The van der Waals surface area contributed by atoms with Gasteiger partial charge in [-0.1, -0.05) is 30.7 Å². The lowest BCUT2D eigenvalue weighted by molar-refractivity contribution is -0.132. The van der Waals surface area contributed by atoms with Gasteiger partial charge in [-0.15, -0.1) is 0 Å². The lowest BCUT2D eigenvalue weighted by Gasteiger charge is -2.22. The van der Waals surface area contributed by atoms with Gasteiger partial charge in [0.2, 0.25) is 5.91 Å². The van der Waals surface area contributed by atoms with Crippen molar-refractivity contribution in [2.45, 2.75) is 25.8 Å². The zero-order valence-electron chi connectivity index (χ0n) is 16.0. The summed E-state index contributed by atoms with van der Waals surface area (Å²) in [6.45, 7) is 1.79. The lowest BCUT2D eigenvalue weighted by Crippen LogP contribution is -2.26. The van der Waals surface area contributed by atoms with E-state index in [4.69, 9.17) is 16.3 Å². The van der Waals surface area contributed by atoms with Crippen molar-refractivity contribution in [3.63, 3.8) is 0 Å². The van der Waals surface area contributed by atoms with E-state index in [0.29, 0.717) is 29.5 Å². The molecule has 0 radical (unpaired) electrons. The highest BCUT2D eigenvalue weighted by Crippen LogP contribution is 2.38. The standard InChI is InChI=1S/C22H19ClFN3O2/c1-3-21(28)27-20(12-19(26-27)13-4-6-15(24)7-5-13)17-11-14-10-16(29-2)8-9-18(14)25-22(17)23/h4-11,20H,3,12H2,1-2H3. The summed E-state index contributed by atoms with van der Waals surface area (Å²) in [5, 5.41) is 7.20. The van der Waals surface area contributed by atoms with E-state index in [2.05, 4.69) is 10.1 Å². The SMILES string of the molecule is CCC(=O)N1N=C(c2ccc(F)cc2)CC1c1cc2cc(OC)ccc2nc1Cl. The van der Waals surface area contributed by atoms with Crippen LogP contribution in [0.4, 0.5) is 4.39 Å². The van der Waals surface area contributed by atoms with E-state index in [1.165, 1.54) is 17.1 Å². The molecule has 2 aromatic carbocycles. The van der Waals surface area contributed by atoms with Crippen LogP contribution in [0.2, 0.25) is 5.15 Å². The van der Waals surface area contributed by atoms with Crippen LogP contribution in [0.1, 0.15) is 36.9 Å². The van der Waals surface area contributed by atoms with Gasteiger partial charge in [-0.3, -0.25) is 4.79 Å². The van der Waals surface area contributed by atoms with Gasteiger partial charge in [-0.25, -0.2) is 14.4 Å². The second-order valence-corrected chi connectivity index (χ2v) is 7.15. The zero-order valence-corrected chi connectivity index (χ0v) is 16.8. The Morgan fingerprint density at radius 1 is 1.24 bits per heavy atom. The van der Waals surface area contributed by atoms with Crippen molar-refractivity contribution in [1.29, 1.82) is 0 Å². The quantitative estimate of drug-likeness (QED) is 0.559. The molecule has 0 saturated carbocycles. The number of amides is 1. The topological polar surface area (TPSA) is 54.8 Å². The average molecular weight is 412 g/mol. The van der Waals surface area contributed by atoms with Crippen molar-refractivity contribution < 1.29 is 13.9 Å². The van der Waals surface area contributed by atoms with E-state index in [1.54, 1.807) is 26.2 Å². The van der Waals surface area contributed by atoms with Gasteiger partial charge in [0, 0.05) is 23.8 Å². The third kappa shape index (κ3) is 3.68. The van der Waals surface area contributed by atoms with Gasteiger partial charge in [0.25, 0.3) is 0 Å². The second-order valence-electron chi connectivity index (χ2n) is 6.79. The molecule has 0 saturated heterocycles. The van der Waals surface area contributed by atoms with Crippen LogP contribution in [-0.4, -0.2) is 28.7 Å². The number of hydrogen-bond acceptors (Lipinski definition) is 4. The molecule has 2 heterocycles. The number of methoxy groups -OCH3 is 1. The molecule has 148 valence electrons. The minimum absolute atomic E-state index is 0.117. The van der Waals surface area contributed by atoms with E-state index < -0.39 is 0 Å².